The van der Waals surface area contributed by atoms with E-state index in [9.17, 15) is 18.8 Å². The van der Waals surface area contributed by atoms with Crippen molar-refractivity contribution in [2.24, 2.45) is 16.6 Å². The zero-order valence-corrected chi connectivity index (χ0v) is 19.0. The molecule has 0 saturated heterocycles. The first kappa shape index (κ1) is 22.6. The largest absolute Gasteiger partial charge is 0.402 e. The minimum atomic E-state index is -0.625. The van der Waals surface area contributed by atoms with Crippen molar-refractivity contribution >= 4 is 28.8 Å². The van der Waals surface area contributed by atoms with Crippen molar-refractivity contribution in [2.45, 2.75) is 25.7 Å². The Hall–Kier alpha value is -4.14. The Morgan fingerprint density at radius 3 is 2.74 bits per heavy atom. The Morgan fingerprint density at radius 2 is 1.97 bits per heavy atom. The minimum absolute atomic E-state index is 0.000269. The number of aliphatic imine (C=N–C) groups is 1. The standard InChI is InChI=1S/C26H24FN5O3/c27-21-8-5-15(12-23-18-3-1-2-4-19(18)25(34)31-30-23)11-20(21)26(35)32-10-9-22(28)17(14-32)13-29-24(33)16-6-7-16/h1-5,8,11,13,16H,6-7,9-10,12,14,28H2,(H,31,34). The molecule has 8 nitrogen and oxygen atoms in total. The van der Waals surface area contributed by atoms with E-state index in [1.165, 1.54) is 23.2 Å². The maximum atomic E-state index is 14.7. The smallest absolute Gasteiger partial charge is 0.272 e. The highest BCUT2D eigenvalue weighted by molar-refractivity contribution is 5.97. The van der Waals surface area contributed by atoms with Crippen LogP contribution in [0.2, 0.25) is 0 Å². The van der Waals surface area contributed by atoms with Gasteiger partial charge < -0.3 is 10.6 Å². The lowest BCUT2D eigenvalue weighted by Crippen LogP contribution is -2.39. The first-order valence-corrected chi connectivity index (χ1v) is 11.5. The summed E-state index contributed by atoms with van der Waals surface area (Å²) in [6.07, 6.45) is 3.88. The predicted octanol–water partition coefficient (Wildman–Crippen LogP) is 2.72. The monoisotopic (exact) mass is 473 g/mol. The average molecular weight is 474 g/mol. The number of nitrogens with zero attached hydrogens (tertiary/aromatic N) is 3. The van der Waals surface area contributed by atoms with Gasteiger partial charge in [0.15, 0.2) is 0 Å². The van der Waals surface area contributed by atoms with Gasteiger partial charge in [-0.3, -0.25) is 14.4 Å². The fraction of sp³-hybridized carbons (Fsp3) is 0.269. The van der Waals surface area contributed by atoms with Crippen LogP contribution in [0.25, 0.3) is 10.8 Å². The molecule has 0 unspecified atom stereocenters. The van der Waals surface area contributed by atoms with Crippen molar-refractivity contribution in [3.63, 3.8) is 0 Å². The molecule has 0 radical (unpaired) electrons. The van der Waals surface area contributed by atoms with Gasteiger partial charge in [0.25, 0.3) is 11.5 Å². The summed E-state index contributed by atoms with van der Waals surface area (Å²) < 4.78 is 14.7. The zero-order chi connectivity index (χ0) is 24.5. The maximum absolute atomic E-state index is 14.7. The summed E-state index contributed by atoms with van der Waals surface area (Å²) in [7, 11) is 0. The van der Waals surface area contributed by atoms with E-state index >= 15 is 0 Å². The Bertz CT molecular complexity index is 1450. The molecule has 2 amide bonds. The van der Waals surface area contributed by atoms with Crippen molar-refractivity contribution in [1.82, 2.24) is 15.1 Å². The van der Waals surface area contributed by atoms with Crippen molar-refractivity contribution in [1.29, 1.82) is 0 Å². The van der Waals surface area contributed by atoms with Gasteiger partial charge in [0.05, 0.1) is 16.6 Å². The first-order valence-electron chi connectivity index (χ1n) is 11.5. The fourth-order valence-corrected chi connectivity index (χ4v) is 4.19. The summed E-state index contributed by atoms with van der Waals surface area (Å²) in [5.41, 5.74) is 8.23. The molecule has 0 atom stereocenters. The third-order valence-electron chi connectivity index (χ3n) is 6.39. The van der Waals surface area contributed by atoms with Gasteiger partial charge in [-0.2, -0.15) is 5.10 Å². The van der Waals surface area contributed by atoms with Crippen LogP contribution in [0.15, 0.2) is 63.5 Å². The number of benzene rings is 2. The Kier molecular flexibility index (Phi) is 5.98. The van der Waals surface area contributed by atoms with E-state index in [-0.39, 0.29) is 29.5 Å². The highest BCUT2D eigenvalue weighted by Crippen LogP contribution is 2.30. The third-order valence-corrected chi connectivity index (χ3v) is 6.39. The molecule has 3 aromatic rings. The summed E-state index contributed by atoms with van der Waals surface area (Å²) >= 11 is 0. The van der Waals surface area contributed by atoms with E-state index in [4.69, 9.17) is 5.73 Å². The van der Waals surface area contributed by atoms with E-state index in [1.54, 1.807) is 18.2 Å². The second-order valence-corrected chi connectivity index (χ2v) is 8.93. The zero-order valence-electron chi connectivity index (χ0n) is 19.0. The van der Waals surface area contributed by atoms with Gasteiger partial charge >= 0.3 is 0 Å². The number of aromatic nitrogens is 2. The lowest BCUT2D eigenvalue weighted by Gasteiger charge is -2.28. The van der Waals surface area contributed by atoms with E-state index in [0.29, 0.717) is 52.7 Å². The number of fused-ring (bicyclic) bond motifs is 1. The molecule has 1 aliphatic carbocycles. The lowest BCUT2D eigenvalue weighted by atomic mass is 10.0. The summed E-state index contributed by atoms with van der Waals surface area (Å²) in [6.45, 7) is 0.496. The van der Waals surface area contributed by atoms with Crippen molar-refractivity contribution in [3.05, 3.63) is 86.7 Å². The molecule has 178 valence electrons. The van der Waals surface area contributed by atoms with Crippen LogP contribution in [0.5, 0.6) is 0 Å². The van der Waals surface area contributed by atoms with Crippen LogP contribution in [0.4, 0.5) is 4.39 Å². The average Bonchev–Trinajstić information content (AvgIpc) is 3.72. The number of nitrogens with one attached hydrogen (secondary N) is 1. The number of amides is 2. The lowest BCUT2D eigenvalue weighted by molar-refractivity contribution is -0.118. The Morgan fingerprint density at radius 1 is 1.20 bits per heavy atom. The number of hydrogen-bond acceptors (Lipinski definition) is 5. The number of H-pyrrole nitrogens is 1. The summed E-state index contributed by atoms with van der Waals surface area (Å²) in [6, 6.07) is 11.5. The predicted molar refractivity (Wildman–Crippen MR) is 130 cm³/mol. The second-order valence-electron chi connectivity index (χ2n) is 8.93. The molecule has 0 bridgehead atoms. The number of carbonyl (C=O) groups excluding carboxylic acids is 2. The van der Waals surface area contributed by atoms with E-state index < -0.39 is 11.7 Å². The van der Waals surface area contributed by atoms with Gasteiger partial charge in [-0.05, 0) is 36.6 Å². The molecule has 9 heteroatoms. The number of aromatic amines is 1. The van der Waals surface area contributed by atoms with Gasteiger partial charge in [-0.25, -0.2) is 14.5 Å². The minimum Gasteiger partial charge on any atom is -0.402 e. The molecule has 1 saturated carbocycles. The molecule has 2 heterocycles. The van der Waals surface area contributed by atoms with Crippen LogP contribution in [0.3, 0.4) is 0 Å². The SMILES string of the molecule is NC1=C(C=NC(=O)C2CC2)CN(C(=O)c2cc(Cc3n[nH]c(=O)c4ccccc34)ccc2F)CC1. The molecule has 2 aliphatic rings. The molecule has 1 aliphatic heterocycles. The normalized spacial score (nSPS) is 16.3. The Balaban J connectivity index is 1.37. The van der Waals surface area contributed by atoms with E-state index in [2.05, 4.69) is 15.2 Å². The molecule has 2 aromatic carbocycles. The highest BCUT2D eigenvalue weighted by atomic mass is 19.1. The van der Waals surface area contributed by atoms with Gasteiger partial charge in [-0.1, -0.05) is 24.3 Å². The van der Waals surface area contributed by atoms with Crippen LogP contribution in [0.1, 0.15) is 40.9 Å². The van der Waals surface area contributed by atoms with Gasteiger partial charge in [0, 0.05) is 54.7 Å². The topological polar surface area (TPSA) is 122 Å². The van der Waals surface area contributed by atoms with Crippen LogP contribution in [-0.2, 0) is 11.2 Å². The number of rotatable bonds is 5. The molecule has 35 heavy (non-hydrogen) atoms. The molecular weight excluding hydrogens is 449 g/mol. The maximum Gasteiger partial charge on any atom is 0.272 e. The fourth-order valence-electron chi connectivity index (χ4n) is 4.19. The van der Waals surface area contributed by atoms with Gasteiger partial charge in [0.2, 0.25) is 5.91 Å². The van der Waals surface area contributed by atoms with Crippen molar-refractivity contribution in [2.75, 3.05) is 13.1 Å². The number of carbonyl (C=O) groups is 2. The van der Waals surface area contributed by atoms with E-state index in [1.807, 2.05) is 12.1 Å². The quantitative estimate of drug-likeness (QED) is 0.552. The Labute approximate surface area is 200 Å². The van der Waals surface area contributed by atoms with Crippen molar-refractivity contribution in [3.8, 4) is 0 Å². The number of nitrogens with two attached hydrogens (primary N) is 1. The van der Waals surface area contributed by atoms with Gasteiger partial charge in [-0.15, -0.1) is 0 Å². The third kappa shape index (κ3) is 4.75. The first-order chi connectivity index (χ1) is 16.9. The van der Waals surface area contributed by atoms with Crippen molar-refractivity contribution < 1.29 is 14.0 Å². The number of halogens is 1. The van der Waals surface area contributed by atoms with Crippen LogP contribution < -0.4 is 11.3 Å². The summed E-state index contributed by atoms with van der Waals surface area (Å²) in [5, 5.41) is 7.88. The number of hydrogen-bond donors (Lipinski definition) is 2. The summed E-state index contributed by atoms with van der Waals surface area (Å²) in [5.74, 6) is -1.26. The highest BCUT2D eigenvalue weighted by Gasteiger charge is 2.29. The van der Waals surface area contributed by atoms with Crippen LogP contribution >= 0.6 is 0 Å². The van der Waals surface area contributed by atoms with E-state index in [0.717, 1.165) is 12.8 Å². The molecule has 0 spiro atoms. The molecule has 1 aromatic heterocycles. The molecular formula is C26H24FN5O3. The van der Waals surface area contributed by atoms with Crippen LogP contribution in [-0.4, -0.2) is 46.2 Å². The molecule has 3 N–H and O–H groups in total. The molecule has 5 rings (SSSR count). The van der Waals surface area contributed by atoms with Crippen LogP contribution in [0, 0.1) is 11.7 Å². The van der Waals surface area contributed by atoms with Gasteiger partial charge in [0.1, 0.15) is 5.82 Å². The molecule has 1 fully saturated rings. The summed E-state index contributed by atoms with van der Waals surface area (Å²) in [4.78, 5) is 42.7. The second kappa shape index (κ2) is 9.25.